The predicted molar refractivity (Wildman–Crippen MR) is 107 cm³/mol. The van der Waals surface area contributed by atoms with Crippen LogP contribution in [0.2, 0.25) is 0 Å². The molecule has 150 valence electrons. The molecule has 0 aliphatic carbocycles. The van der Waals surface area contributed by atoms with E-state index in [2.05, 4.69) is 10.3 Å². The minimum Gasteiger partial charge on any atom is -0.461 e. The number of nitrogens with zero attached hydrogens (tertiary/aromatic N) is 2. The van der Waals surface area contributed by atoms with Crippen LogP contribution in [0.1, 0.15) is 24.2 Å². The van der Waals surface area contributed by atoms with Gasteiger partial charge >= 0.3 is 5.97 Å². The highest BCUT2D eigenvalue weighted by atomic mass is 19.1. The van der Waals surface area contributed by atoms with Crippen LogP contribution < -0.4 is 5.32 Å². The highest BCUT2D eigenvalue weighted by Crippen LogP contribution is 2.20. The number of hydrogen-bond donors (Lipinski definition) is 1. The number of hydrogen-bond acceptors (Lipinski definition) is 4. The van der Waals surface area contributed by atoms with Crippen molar-refractivity contribution in [1.29, 1.82) is 0 Å². The smallest absolute Gasteiger partial charge is 0.330 e. The molecule has 3 rings (SSSR count). The SMILES string of the molecule is CC(C)OC(=O)[C@H](Cn1ccnc1)NC(=O)c1ccc(-c2cccc(F)c2)cc1. The van der Waals surface area contributed by atoms with Gasteiger partial charge in [-0.1, -0.05) is 24.3 Å². The van der Waals surface area contributed by atoms with E-state index in [1.54, 1.807) is 73.5 Å². The molecule has 6 nitrogen and oxygen atoms in total. The Labute approximate surface area is 168 Å². The Morgan fingerprint density at radius 2 is 1.90 bits per heavy atom. The molecular formula is C22H22FN3O3. The largest absolute Gasteiger partial charge is 0.461 e. The Balaban J connectivity index is 1.73. The second-order valence-corrected chi connectivity index (χ2v) is 6.86. The van der Waals surface area contributed by atoms with E-state index in [4.69, 9.17) is 4.74 Å². The Hall–Kier alpha value is -3.48. The first-order chi connectivity index (χ1) is 13.9. The molecule has 2 aromatic carbocycles. The average molecular weight is 395 g/mol. The number of ether oxygens (including phenoxy) is 1. The van der Waals surface area contributed by atoms with Crippen molar-refractivity contribution in [2.75, 3.05) is 0 Å². The Morgan fingerprint density at radius 1 is 1.14 bits per heavy atom. The fourth-order valence-electron chi connectivity index (χ4n) is 2.82. The van der Waals surface area contributed by atoms with E-state index in [1.165, 1.54) is 12.1 Å². The molecule has 0 radical (unpaired) electrons. The number of halogens is 1. The standard InChI is InChI=1S/C22H22FN3O3/c1-15(2)29-22(28)20(13-26-11-10-24-14-26)25-21(27)17-8-6-16(7-9-17)18-4-3-5-19(23)12-18/h3-12,14-15,20H,13H2,1-2H3,(H,25,27)/t20-/m0/s1. The van der Waals surface area contributed by atoms with E-state index in [-0.39, 0.29) is 18.5 Å². The molecule has 0 aliphatic heterocycles. The van der Waals surface area contributed by atoms with Crippen molar-refractivity contribution >= 4 is 11.9 Å². The zero-order chi connectivity index (χ0) is 20.8. The lowest BCUT2D eigenvalue weighted by Gasteiger charge is -2.19. The molecule has 0 spiro atoms. The highest BCUT2D eigenvalue weighted by Gasteiger charge is 2.24. The van der Waals surface area contributed by atoms with Crippen molar-refractivity contribution < 1.29 is 18.7 Å². The highest BCUT2D eigenvalue weighted by molar-refractivity contribution is 5.97. The summed E-state index contributed by atoms with van der Waals surface area (Å²) in [4.78, 5) is 29.0. The minimum absolute atomic E-state index is 0.207. The Kier molecular flexibility index (Phi) is 6.39. The molecule has 1 aromatic heterocycles. The fraction of sp³-hybridized carbons (Fsp3) is 0.227. The van der Waals surface area contributed by atoms with E-state index in [1.807, 2.05) is 0 Å². The molecule has 1 atom stereocenters. The van der Waals surface area contributed by atoms with Crippen LogP contribution in [0.25, 0.3) is 11.1 Å². The van der Waals surface area contributed by atoms with Gasteiger partial charge in [-0.05, 0) is 49.2 Å². The second kappa shape index (κ2) is 9.14. The Bertz CT molecular complexity index is 969. The zero-order valence-corrected chi connectivity index (χ0v) is 16.2. The molecule has 1 amide bonds. The molecular weight excluding hydrogens is 373 g/mol. The maximum Gasteiger partial charge on any atom is 0.330 e. The van der Waals surface area contributed by atoms with Gasteiger partial charge in [-0.15, -0.1) is 0 Å². The quantitative estimate of drug-likeness (QED) is 0.622. The van der Waals surface area contributed by atoms with Crippen LogP contribution >= 0.6 is 0 Å². The van der Waals surface area contributed by atoms with E-state index >= 15 is 0 Å². The summed E-state index contributed by atoms with van der Waals surface area (Å²) in [7, 11) is 0. The number of aromatic nitrogens is 2. The number of imidazole rings is 1. The van der Waals surface area contributed by atoms with E-state index < -0.39 is 17.9 Å². The minimum atomic E-state index is -0.859. The third kappa shape index (κ3) is 5.51. The van der Waals surface area contributed by atoms with Crippen LogP contribution in [0.3, 0.4) is 0 Å². The topological polar surface area (TPSA) is 73.2 Å². The molecule has 1 N–H and O–H groups in total. The number of carbonyl (C=O) groups excluding carboxylic acids is 2. The molecule has 0 saturated heterocycles. The molecule has 0 aliphatic rings. The lowest BCUT2D eigenvalue weighted by Crippen LogP contribution is -2.45. The summed E-state index contributed by atoms with van der Waals surface area (Å²) in [5, 5.41) is 2.72. The third-order valence-electron chi connectivity index (χ3n) is 4.20. The molecule has 7 heteroatoms. The zero-order valence-electron chi connectivity index (χ0n) is 16.2. The van der Waals surface area contributed by atoms with Crippen molar-refractivity contribution in [3.63, 3.8) is 0 Å². The van der Waals surface area contributed by atoms with Crippen molar-refractivity contribution in [1.82, 2.24) is 14.9 Å². The Morgan fingerprint density at radius 3 is 2.52 bits per heavy atom. The van der Waals surface area contributed by atoms with Crippen LogP contribution in [0.5, 0.6) is 0 Å². The monoisotopic (exact) mass is 395 g/mol. The molecule has 1 heterocycles. The fourth-order valence-corrected chi connectivity index (χ4v) is 2.82. The lowest BCUT2D eigenvalue weighted by molar-refractivity contribution is -0.150. The van der Waals surface area contributed by atoms with Gasteiger partial charge < -0.3 is 14.6 Å². The second-order valence-electron chi connectivity index (χ2n) is 6.86. The average Bonchev–Trinajstić information content (AvgIpc) is 3.20. The number of nitrogens with one attached hydrogen (secondary N) is 1. The molecule has 3 aromatic rings. The molecule has 0 unspecified atom stereocenters. The molecule has 29 heavy (non-hydrogen) atoms. The molecule has 0 bridgehead atoms. The summed E-state index contributed by atoms with van der Waals surface area (Å²) in [5.74, 6) is -1.24. The summed E-state index contributed by atoms with van der Waals surface area (Å²) in [6.07, 6.45) is 4.57. The van der Waals surface area contributed by atoms with Gasteiger partial charge in [0, 0.05) is 18.0 Å². The van der Waals surface area contributed by atoms with E-state index in [9.17, 15) is 14.0 Å². The first-order valence-electron chi connectivity index (χ1n) is 9.25. The summed E-state index contributed by atoms with van der Waals surface area (Å²) in [6, 6.07) is 12.1. The summed E-state index contributed by atoms with van der Waals surface area (Å²) in [5.41, 5.74) is 1.89. The number of amides is 1. The van der Waals surface area contributed by atoms with Gasteiger partial charge in [0.05, 0.1) is 19.0 Å². The summed E-state index contributed by atoms with van der Waals surface area (Å²) >= 11 is 0. The van der Waals surface area contributed by atoms with Gasteiger partial charge in [0.1, 0.15) is 11.9 Å². The van der Waals surface area contributed by atoms with Gasteiger partial charge in [-0.25, -0.2) is 14.2 Å². The van der Waals surface area contributed by atoms with Gasteiger partial charge in [0.15, 0.2) is 0 Å². The predicted octanol–water partition coefficient (Wildman–Crippen LogP) is 3.44. The third-order valence-corrected chi connectivity index (χ3v) is 4.20. The first-order valence-corrected chi connectivity index (χ1v) is 9.25. The number of rotatable bonds is 7. The van der Waals surface area contributed by atoms with Crippen molar-refractivity contribution in [2.24, 2.45) is 0 Å². The normalized spacial score (nSPS) is 11.9. The summed E-state index contributed by atoms with van der Waals surface area (Å²) in [6.45, 7) is 3.71. The first kappa shape index (κ1) is 20.3. The van der Waals surface area contributed by atoms with Gasteiger partial charge in [-0.3, -0.25) is 4.79 Å². The number of carbonyl (C=O) groups is 2. The lowest BCUT2D eigenvalue weighted by atomic mass is 10.0. The molecule has 0 fully saturated rings. The van der Waals surface area contributed by atoms with Crippen LogP contribution in [0.15, 0.2) is 67.3 Å². The van der Waals surface area contributed by atoms with Gasteiger partial charge in [-0.2, -0.15) is 0 Å². The van der Waals surface area contributed by atoms with E-state index in [0.717, 1.165) is 11.1 Å². The summed E-state index contributed by atoms with van der Waals surface area (Å²) < 4.78 is 20.4. The van der Waals surface area contributed by atoms with Crippen LogP contribution in [-0.4, -0.2) is 33.6 Å². The van der Waals surface area contributed by atoms with Crippen molar-refractivity contribution in [2.45, 2.75) is 32.5 Å². The molecule has 0 saturated carbocycles. The maximum absolute atomic E-state index is 13.4. The van der Waals surface area contributed by atoms with Crippen LogP contribution in [0.4, 0.5) is 4.39 Å². The number of esters is 1. The van der Waals surface area contributed by atoms with Crippen LogP contribution in [-0.2, 0) is 16.1 Å². The van der Waals surface area contributed by atoms with Gasteiger partial charge in [0.25, 0.3) is 5.91 Å². The maximum atomic E-state index is 13.4. The van der Waals surface area contributed by atoms with Crippen molar-refractivity contribution in [3.05, 3.63) is 78.6 Å². The van der Waals surface area contributed by atoms with Gasteiger partial charge in [0.2, 0.25) is 0 Å². The van der Waals surface area contributed by atoms with E-state index in [0.29, 0.717) is 5.56 Å². The van der Waals surface area contributed by atoms with Crippen LogP contribution in [0, 0.1) is 5.82 Å². The number of benzene rings is 2. The van der Waals surface area contributed by atoms with Crippen molar-refractivity contribution in [3.8, 4) is 11.1 Å².